The van der Waals surface area contributed by atoms with Crippen molar-refractivity contribution in [1.82, 2.24) is 4.98 Å². The highest BCUT2D eigenvalue weighted by Gasteiger charge is 2.38. The third kappa shape index (κ3) is 2.83. The van der Waals surface area contributed by atoms with Crippen molar-refractivity contribution in [2.24, 2.45) is 0 Å². The number of hydrogen-bond acceptors (Lipinski definition) is 3. The van der Waals surface area contributed by atoms with Crippen molar-refractivity contribution in [1.29, 1.82) is 0 Å². The number of aromatic nitrogens is 1. The van der Waals surface area contributed by atoms with E-state index in [0.717, 1.165) is 23.5 Å². The number of nitrogens with zero attached hydrogens (tertiary/aromatic N) is 1. The maximum atomic E-state index is 13.2. The molecular formula is C15H13ClFNS2. The first-order valence-corrected chi connectivity index (χ1v) is 8.67. The summed E-state index contributed by atoms with van der Waals surface area (Å²) in [5.74, 6) is 1.93. The van der Waals surface area contributed by atoms with Gasteiger partial charge in [-0.3, -0.25) is 4.98 Å². The molecule has 0 spiro atoms. The second-order valence-electron chi connectivity index (χ2n) is 4.60. The first-order valence-electron chi connectivity index (χ1n) is 6.32. The second-order valence-corrected chi connectivity index (χ2v) is 8.06. The van der Waals surface area contributed by atoms with Gasteiger partial charge < -0.3 is 0 Å². The predicted octanol–water partition coefficient (Wildman–Crippen LogP) is 4.75. The molecule has 1 saturated heterocycles. The van der Waals surface area contributed by atoms with Crippen LogP contribution in [0.5, 0.6) is 0 Å². The van der Waals surface area contributed by atoms with Crippen molar-refractivity contribution >= 4 is 35.1 Å². The summed E-state index contributed by atoms with van der Waals surface area (Å²) in [5.41, 5.74) is 2.19. The summed E-state index contributed by atoms with van der Waals surface area (Å²) >= 11 is 10.0. The van der Waals surface area contributed by atoms with Gasteiger partial charge in [0.25, 0.3) is 0 Å². The summed E-state index contributed by atoms with van der Waals surface area (Å²) in [6.07, 6.45) is 4.49. The summed E-state index contributed by atoms with van der Waals surface area (Å²) in [4.78, 5) is 4.23. The van der Waals surface area contributed by atoms with Crippen molar-refractivity contribution in [3.63, 3.8) is 0 Å². The zero-order valence-electron chi connectivity index (χ0n) is 10.7. The molecule has 2 aromatic rings. The zero-order chi connectivity index (χ0) is 14.0. The van der Waals surface area contributed by atoms with Crippen LogP contribution in [0.3, 0.4) is 0 Å². The van der Waals surface area contributed by atoms with E-state index in [1.807, 2.05) is 35.8 Å². The van der Waals surface area contributed by atoms with Crippen molar-refractivity contribution < 1.29 is 4.39 Å². The monoisotopic (exact) mass is 325 g/mol. The lowest BCUT2D eigenvalue weighted by Gasteiger charge is -2.28. The number of benzene rings is 1. The molecule has 1 nitrogen and oxygen atoms in total. The quantitative estimate of drug-likeness (QED) is 0.808. The Morgan fingerprint density at radius 3 is 2.70 bits per heavy atom. The number of halogens is 2. The van der Waals surface area contributed by atoms with Gasteiger partial charge in [-0.05, 0) is 29.3 Å². The maximum Gasteiger partial charge on any atom is 0.124 e. The Kier molecular flexibility index (Phi) is 4.24. The topological polar surface area (TPSA) is 12.9 Å². The fourth-order valence-electron chi connectivity index (χ4n) is 2.33. The number of thioether (sulfide) groups is 2. The van der Waals surface area contributed by atoms with E-state index >= 15 is 0 Å². The minimum atomic E-state index is -0.291. The molecule has 5 heteroatoms. The average molecular weight is 326 g/mol. The van der Waals surface area contributed by atoms with Crippen LogP contribution < -0.4 is 0 Å². The van der Waals surface area contributed by atoms with Crippen LogP contribution >= 0.6 is 35.1 Å². The Bertz CT molecular complexity index is 600. The molecule has 2 heterocycles. The largest absolute Gasteiger partial charge is 0.264 e. The van der Waals surface area contributed by atoms with Crippen molar-refractivity contribution in [2.45, 2.75) is 10.5 Å². The van der Waals surface area contributed by atoms with Crippen LogP contribution in [0.25, 0.3) is 0 Å². The molecule has 1 aliphatic rings. The van der Waals surface area contributed by atoms with E-state index in [1.54, 1.807) is 12.3 Å². The van der Waals surface area contributed by atoms with E-state index < -0.39 is 0 Å². The Hall–Kier alpha value is -0.710. The summed E-state index contributed by atoms with van der Waals surface area (Å²) in [6, 6.07) is 8.72. The molecule has 0 aliphatic carbocycles. The van der Waals surface area contributed by atoms with E-state index in [1.165, 1.54) is 17.7 Å². The Morgan fingerprint density at radius 2 is 2.05 bits per heavy atom. The van der Waals surface area contributed by atoms with Crippen LogP contribution in [-0.4, -0.2) is 16.5 Å². The fourth-order valence-corrected chi connectivity index (χ4v) is 5.81. The van der Waals surface area contributed by atoms with Crippen molar-refractivity contribution in [3.8, 4) is 0 Å². The summed E-state index contributed by atoms with van der Waals surface area (Å²) in [7, 11) is 0. The normalized spacial score (nSPS) is 17.3. The highest BCUT2D eigenvalue weighted by molar-refractivity contribution is 8.20. The molecule has 0 unspecified atom stereocenters. The number of pyridine rings is 1. The summed E-state index contributed by atoms with van der Waals surface area (Å²) in [5, 5.41) is 0.501. The molecule has 1 aromatic heterocycles. The maximum absolute atomic E-state index is 13.2. The van der Waals surface area contributed by atoms with Gasteiger partial charge in [0.05, 0.1) is 4.08 Å². The molecule has 1 fully saturated rings. The molecule has 0 bridgehead atoms. The minimum absolute atomic E-state index is 0.0598. The molecule has 0 atom stereocenters. The summed E-state index contributed by atoms with van der Waals surface area (Å²) < 4.78 is 13.1. The van der Waals surface area contributed by atoms with Crippen LogP contribution in [-0.2, 0) is 10.5 Å². The van der Waals surface area contributed by atoms with E-state index in [-0.39, 0.29) is 9.90 Å². The first-order chi connectivity index (χ1) is 9.70. The van der Waals surface area contributed by atoms with Gasteiger partial charge in [-0.25, -0.2) is 4.39 Å². The Labute approximate surface area is 131 Å². The summed E-state index contributed by atoms with van der Waals surface area (Å²) in [6.45, 7) is 0. The first kappa shape index (κ1) is 14.2. The van der Waals surface area contributed by atoms with Gasteiger partial charge in [-0.15, -0.1) is 23.5 Å². The van der Waals surface area contributed by atoms with Crippen LogP contribution in [0, 0.1) is 5.82 Å². The van der Waals surface area contributed by atoms with Gasteiger partial charge in [-0.2, -0.15) is 0 Å². The van der Waals surface area contributed by atoms with Crippen LogP contribution in [0.1, 0.15) is 11.1 Å². The molecule has 3 rings (SSSR count). The van der Waals surface area contributed by atoms with Gasteiger partial charge in [0, 0.05) is 35.3 Å². The molecule has 20 heavy (non-hydrogen) atoms. The lowest BCUT2D eigenvalue weighted by Crippen LogP contribution is -2.18. The fraction of sp³-hybridized carbons (Fsp3) is 0.267. The smallest absolute Gasteiger partial charge is 0.124 e. The highest BCUT2D eigenvalue weighted by atomic mass is 35.5. The van der Waals surface area contributed by atoms with Crippen molar-refractivity contribution in [3.05, 3.63) is 64.7 Å². The Morgan fingerprint density at radius 1 is 1.25 bits per heavy atom. The van der Waals surface area contributed by atoms with Crippen LogP contribution in [0.4, 0.5) is 4.39 Å². The molecule has 0 amide bonds. The molecule has 0 saturated carbocycles. The Balaban J connectivity index is 1.96. The van der Waals surface area contributed by atoms with E-state index in [9.17, 15) is 4.39 Å². The predicted molar refractivity (Wildman–Crippen MR) is 85.9 cm³/mol. The van der Waals surface area contributed by atoms with Gasteiger partial charge in [-0.1, -0.05) is 23.7 Å². The molecule has 0 radical (unpaired) electrons. The molecular weight excluding hydrogens is 313 g/mol. The molecule has 1 aliphatic heterocycles. The van der Waals surface area contributed by atoms with Gasteiger partial charge in [0.15, 0.2) is 0 Å². The highest BCUT2D eigenvalue weighted by Crippen LogP contribution is 2.54. The average Bonchev–Trinajstić information content (AvgIpc) is 2.93. The SMILES string of the molecule is Fc1ccc(CC2(c3cccnc3)SCCS2)c(Cl)c1. The lowest BCUT2D eigenvalue weighted by atomic mass is 10.0. The minimum Gasteiger partial charge on any atom is -0.264 e. The van der Waals surface area contributed by atoms with Crippen LogP contribution in [0.2, 0.25) is 5.02 Å². The van der Waals surface area contributed by atoms with Gasteiger partial charge in [0.2, 0.25) is 0 Å². The molecule has 0 N–H and O–H groups in total. The van der Waals surface area contributed by atoms with E-state index in [4.69, 9.17) is 11.6 Å². The number of rotatable bonds is 3. The number of hydrogen-bond donors (Lipinski definition) is 0. The standard InChI is InChI=1S/C15H13ClFNS2/c16-14-8-13(17)4-3-11(14)9-15(19-6-7-20-15)12-2-1-5-18-10-12/h1-5,8,10H,6-7,9H2. The molecule has 1 aromatic carbocycles. The van der Waals surface area contributed by atoms with Gasteiger partial charge >= 0.3 is 0 Å². The van der Waals surface area contributed by atoms with Gasteiger partial charge in [0.1, 0.15) is 5.82 Å². The van der Waals surface area contributed by atoms with E-state index in [2.05, 4.69) is 11.1 Å². The van der Waals surface area contributed by atoms with Crippen LogP contribution in [0.15, 0.2) is 42.7 Å². The van der Waals surface area contributed by atoms with Crippen molar-refractivity contribution in [2.75, 3.05) is 11.5 Å². The van der Waals surface area contributed by atoms with E-state index in [0.29, 0.717) is 5.02 Å². The third-order valence-electron chi connectivity index (χ3n) is 3.29. The lowest BCUT2D eigenvalue weighted by molar-refractivity contribution is 0.626. The zero-order valence-corrected chi connectivity index (χ0v) is 13.1. The molecule has 104 valence electrons. The second kappa shape index (κ2) is 5.96. The third-order valence-corrected chi connectivity index (χ3v) is 7.12.